The van der Waals surface area contributed by atoms with Gasteiger partial charge in [-0.1, -0.05) is 29.8 Å². The summed E-state index contributed by atoms with van der Waals surface area (Å²) in [6.45, 7) is 3.99. The summed E-state index contributed by atoms with van der Waals surface area (Å²) in [5.74, 6) is 0.865. The summed E-state index contributed by atoms with van der Waals surface area (Å²) in [5, 5.41) is 3.39. The van der Waals surface area contributed by atoms with Crippen LogP contribution in [0.4, 0.5) is 5.69 Å². The van der Waals surface area contributed by atoms with Gasteiger partial charge in [0.05, 0.1) is 0 Å². The highest BCUT2D eigenvalue weighted by molar-refractivity contribution is 5.45. The molecule has 0 aliphatic heterocycles. The van der Waals surface area contributed by atoms with E-state index in [9.17, 15) is 0 Å². The monoisotopic (exact) mass is 256 g/mol. The Labute approximate surface area is 114 Å². The topological polar surface area (TPSA) is 47.3 Å². The number of hydrogen-bond acceptors (Lipinski definition) is 3. The standard InChI is InChI=1S/C16H20N2O/c1-13-2-6-15(7-3-13)18-12-14-4-8-16(9-5-14)19-11-10-17/h2-9,18H,10-12,17H2,1H3. The molecule has 0 amide bonds. The summed E-state index contributed by atoms with van der Waals surface area (Å²) in [7, 11) is 0. The van der Waals surface area contributed by atoms with Crippen LogP contribution in [-0.4, -0.2) is 13.2 Å². The predicted molar refractivity (Wildman–Crippen MR) is 79.5 cm³/mol. The van der Waals surface area contributed by atoms with E-state index in [1.807, 2.05) is 12.1 Å². The van der Waals surface area contributed by atoms with Crippen LogP contribution in [0, 0.1) is 6.92 Å². The third kappa shape index (κ3) is 4.30. The van der Waals surface area contributed by atoms with Crippen LogP contribution in [0.25, 0.3) is 0 Å². The summed E-state index contributed by atoms with van der Waals surface area (Å²) in [4.78, 5) is 0. The maximum atomic E-state index is 5.44. The molecule has 0 aliphatic carbocycles. The second-order valence-electron chi connectivity index (χ2n) is 4.50. The van der Waals surface area contributed by atoms with Crippen LogP contribution in [0.5, 0.6) is 5.75 Å². The maximum absolute atomic E-state index is 5.44. The minimum atomic E-state index is 0.538. The Morgan fingerprint density at radius 2 is 1.68 bits per heavy atom. The SMILES string of the molecule is Cc1ccc(NCc2ccc(OCCN)cc2)cc1. The zero-order valence-corrected chi connectivity index (χ0v) is 11.2. The third-order valence-electron chi connectivity index (χ3n) is 2.86. The Hall–Kier alpha value is -2.00. The van der Waals surface area contributed by atoms with Crippen LogP contribution in [-0.2, 0) is 6.54 Å². The zero-order chi connectivity index (χ0) is 13.5. The van der Waals surface area contributed by atoms with Crippen molar-refractivity contribution in [3.05, 3.63) is 59.7 Å². The van der Waals surface area contributed by atoms with Crippen molar-refractivity contribution in [1.29, 1.82) is 0 Å². The van der Waals surface area contributed by atoms with Gasteiger partial charge in [-0.05, 0) is 36.8 Å². The highest BCUT2D eigenvalue weighted by Crippen LogP contribution is 2.14. The first-order valence-corrected chi connectivity index (χ1v) is 6.50. The molecule has 0 aliphatic rings. The van der Waals surface area contributed by atoms with E-state index in [4.69, 9.17) is 10.5 Å². The van der Waals surface area contributed by atoms with E-state index in [1.165, 1.54) is 11.1 Å². The average molecular weight is 256 g/mol. The van der Waals surface area contributed by atoms with Gasteiger partial charge in [-0.15, -0.1) is 0 Å². The van der Waals surface area contributed by atoms with Gasteiger partial charge in [-0.25, -0.2) is 0 Å². The van der Waals surface area contributed by atoms with Gasteiger partial charge >= 0.3 is 0 Å². The van der Waals surface area contributed by atoms with Gasteiger partial charge in [-0.2, -0.15) is 0 Å². The molecular formula is C16H20N2O. The fourth-order valence-electron chi connectivity index (χ4n) is 1.76. The van der Waals surface area contributed by atoms with Crippen molar-refractivity contribution in [2.75, 3.05) is 18.5 Å². The van der Waals surface area contributed by atoms with E-state index < -0.39 is 0 Å². The van der Waals surface area contributed by atoms with E-state index in [1.54, 1.807) is 0 Å². The van der Waals surface area contributed by atoms with Crippen molar-refractivity contribution in [2.24, 2.45) is 5.73 Å². The van der Waals surface area contributed by atoms with Crippen LogP contribution in [0.1, 0.15) is 11.1 Å². The molecule has 3 heteroatoms. The number of rotatable bonds is 6. The molecule has 2 aromatic carbocycles. The number of aryl methyl sites for hydroxylation is 1. The molecule has 100 valence electrons. The summed E-state index contributed by atoms with van der Waals surface area (Å²) in [6.07, 6.45) is 0. The van der Waals surface area contributed by atoms with E-state index in [0.29, 0.717) is 13.2 Å². The van der Waals surface area contributed by atoms with Crippen LogP contribution >= 0.6 is 0 Å². The van der Waals surface area contributed by atoms with E-state index in [-0.39, 0.29) is 0 Å². The fourth-order valence-corrected chi connectivity index (χ4v) is 1.76. The maximum Gasteiger partial charge on any atom is 0.119 e. The lowest BCUT2D eigenvalue weighted by Gasteiger charge is -2.08. The van der Waals surface area contributed by atoms with E-state index >= 15 is 0 Å². The van der Waals surface area contributed by atoms with Gasteiger partial charge in [0.2, 0.25) is 0 Å². The Morgan fingerprint density at radius 3 is 2.32 bits per heavy atom. The average Bonchev–Trinajstić information content (AvgIpc) is 2.46. The number of nitrogens with one attached hydrogen (secondary N) is 1. The highest BCUT2D eigenvalue weighted by Gasteiger charge is 1.96. The fraction of sp³-hybridized carbons (Fsp3) is 0.250. The second-order valence-corrected chi connectivity index (χ2v) is 4.50. The van der Waals surface area contributed by atoms with Crippen LogP contribution in [0.3, 0.4) is 0 Å². The molecule has 2 rings (SSSR count). The summed E-state index contributed by atoms with van der Waals surface area (Å²) in [5.41, 5.74) is 9.02. The van der Waals surface area contributed by atoms with Gasteiger partial charge in [0, 0.05) is 18.8 Å². The molecule has 3 N–H and O–H groups in total. The smallest absolute Gasteiger partial charge is 0.119 e. The van der Waals surface area contributed by atoms with E-state index in [0.717, 1.165) is 18.0 Å². The first-order chi connectivity index (χ1) is 9.28. The zero-order valence-electron chi connectivity index (χ0n) is 11.2. The number of hydrogen-bond donors (Lipinski definition) is 2. The number of benzene rings is 2. The quantitative estimate of drug-likeness (QED) is 0.835. The predicted octanol–water partition coefficient (Wildman–Crippen LogP) is 2.94. The molecule has 0 atom stereocenters. The van der Waals surface area contributed by atoms with Crippen molar-refractivity contribution in [3.8, 4) is 5.75 Å². The minimum Gasteiger partial charge on any atom is -0.492 e. The van der Waals surface area contributed by atoms with E-state index in [2.05, 4.69) is 48.6 Å². The first kappa shape index (κ1) is 13.4. The molecule has 0 radical (unpaired) electrons. The molecule has 0 fully saturated rings. The Kier molecular flexibility index (Phi) is 4.81. The van der Waals surface area contributed by atoms with Crippen molar-refractivity contribution < 1.29 is 4.74 Å². The third-order valence-corrected chi connectivity index (χ3v) is 2.86. The highest BCUT2D eigenvalue weighted by atomic mass is 16.5. The second kappa shape index (κ2) is 6.81. The molecule has 0 aromatic heterocycles. The van der Waals surface area contributed by atoms with Crippen molar-refractivity contribution in [1.82, 2.24) is 0 Å². The van der Waals surface area contributed by atoms with Crippen molar-refractivity contribution in [2.45, 2.75) is 13.5 Å². The molecule has 0 saturated carbocycles. The molecule has 19 heavy (non-hydrogen) atoms. The van der Waals surface area contributed by atoms with Gasteiger partial charge in [0.25, 0.3) is 0 Å². The molecule has 0 spiro atoms. The van der Waals surface area contributed by atoms with Gasteiger partial charge < -0.3 is 15.8 Å². The lowest BCUT2D eigenvalue weighted by Crippen LogP contribution is -2.10. The van der Waals surface area contributed by atoms with Crippen LogP contribution in [0.2, 0.25) is 0 Å². The first-order valence-electron chi connectivity index (χ1n) is 6.50. The molecular weight excluding hydrogens is 236 g/mol. The minimum absolute atomic E-state index is 0.538. The molecule has 0 unspecified atom stereocenters. The lowest BCUT2D eigenvalue weighted by atomic mass is 10.2. The number of nitrogens with two attached hydrogens (primary N) is 1. The largest absolute Gasteiger partial charge is 0.492 e. The van der Waals surface area contributed by atoms with Crippen LogP contribution in [0.15, 0.2) is 48.5 Å². The van der Waals surface area contributed by atoms with Gasteiger partial charge in [0.1, 0.15) is 12.4 Å². The molecule has 0 heterocycles. The molecule has 2 aromatic rings. The lowest BCUT2D eigenvalue weighted by molar-refractivity contribution is 0.328. The molecule has 0 saturated heterocycles. The Morgan fingerprint density at radius 1 is 1.00 bits per heavy atom. The summed E-state index contributed by atoms with van der Waals surface area (Å²) < 4.78 is 5.44. The van der Waals surface area contributed by atoms with Gasteiger partial charge in [-0.3, -0.25) is 0 Å². The molecule has 0 bridgehead atoms. The summed E-state index contributed by atoms with van der Waals surface area (Å²) in [6, 6.07) is 16.5. The Balaban J connectivity index is 1.87. The summed E-state index contributed by atoms with van der Waals surface area (Å²) >= 11 is 0. The Bertz CT molecular complexity index is 491. The van der Waals surface area contributed by atoms with Crippen molar-refractivity contribution >= 4 is 5.69 Å². The van der Waals surface area contributed by atoms with Crippen molar-refractivity contribution in [3.63, 3.8) is 0 Å². The molecule has 3 nitrogen and oxygen atoms in total. The van der Waals surface area contributed by atoms with Crippen LogP contribution < -0.4 is 15.8 Å². The number of ether oxygens (including phenoxy) is 1. The normalized spacial score (nSPS) is 10.2. The number of anilines is 1. The van der Waals surface area contributed by atoms with Gasteiger partial charge in [0.15, 0.2) is 0 Å².